The van der Waals surface area contributed by atoms with Gasteiger partial charge in [0.2, 0.25) is 5.91 Å². The molecule has 2 saturated heterocycles. The van der Waals surface area contributed by atoms with Gasteiger partial charge in [0.1, 0.15) is 34.5 Å². The maximum absolute atomic E-state index is 15.7. The number of hydrogen-bond donors (Lipinski definition) is 2. The zero-order chi connectivity index (χ0) is 30.7. The van der Waals surface area contributed by atoms with Gasteiger partial charge in [0, 0.05) is 41.6 Å². The highest BCUT2D eigenvalue weighted by molar-refractivity contribution is 6.04. The Hall–Kier alpha value is -4.59. The fourth-order valence-electron chi connectivity index (χ4n) is 6.39. The lowest BCUT2D eigenvalue weighted by Gasteiger charge is -2.35. The molecule has 4 aromatic rings. The van der Waals surface area contributed by atoms with Crippen LogP contribution < -0.4 is 11.1 Å². The molecule has 44 heavy (non-hydrogen) atoms. The zero-order valence-electron chi connectivity index (χ0n) is 23.2. The minimum Gasteiger partial charge on any atom is -0.382 e. The Kier molecular flexibility index (Phi) is 6.76. The van der Waals surface area contributed by atoms with Crippen LogP contribution in [0.15, 0.2) is 48.9 Å². The second-order valence-electron chi connectivity index (χ2n) is 11.4. The smallest absolute Gasteiger partial charge is 0.382 e. The normalized spacial score (nSPS) is 21.8. The predicted molar refractivity (Wildman–Crippen MR) is 150 cm³/mol. The number of carbonyl (C=O) groups excluding carboxylic acids is 2. The second-order valence-corrected chi connectivity index (χ2v) is 11.4. The summed E-state index contributed by atoms with van der Waals surface area (Å²) < 4.78 is 62.4. The van der Waals surface area contributed by atoms with Crippen LogP contribution in [0.2, 0.25) is 0 Å². The Balaban J connectivity index is 1.23. The molecule has 0 bridgehead atoms. The van der Waals surface area contributed by atoms with E-state index in [1.54, 1.807) is 10.6 Å². The number of likely N-dealkylation sites (tertiary alicyclic amines) is 1. The third-order valence-electron chi connectivity index (χ3n) is 8.82. The van der Waals surface area contributed by atoms with Crippen molar-refractivity contribution in [2.24, 2.45) is 11.8 Å². The number of ether oxygens (including phenoxy) is 1. The molecule has 14 heteroatoms. The van der Waals surface area contributed by atoms with E-state index in [0.29, 0.717) is 37.0 Å². The molecule has 2 aliphatic heterocycles. The van der Waals surface area contributed by atoms with Crippen LogP contribution in [0.3, 0.4) is 0 Å². The summed E-state index contributed by atoms with van der Waals surface area (Å²) in [5, 5.41) is 2.28. The van der Waals surface area contributed by atoms with Crippen molar-refractivity contribution in [3.8, 4) is 11.3 Å². The lowest BCUT2D eigenvalue weighted by molar-refractivity contribution is -0.142. The number of rotatable bonds is 5. The number of benzene rings is 1. The number of halogens is 4. The number of nitrogens with two attached hydrogens (primary N) is 1. The molecule has 5 heterocycles. The van der Waals surface area contributed by atoms with Crippen molar-refractivity contribution in [1.82, 2.24) is 24.3 Å². The van der Waals surface area contributed by atoms with E-state index in [1.807, 2.05) is 4.90 Å². The van der Waals surface area contributed by atoms with E-state index in [0.717, 1.165) is 37.6 Å². The molecule has 3 aromatic heterocycles. The van der Waals surface area contributed by atoms with E-state index in [4.69, 9.17) is 15.5 Å². The molecule has 10 nitrogen and oxygen atoms in total. The van der Waals surface area contributed by atoms with E-state index in [2.05, 4.69) is 15.3 Å². The maximum Gasteiger partial charge on any atom is 0.416 e. The Morgan fingerprint density at radius 2 is 1.89 bits per heavy atom. The molecule has 3 fully saturated rings. The van der Waals surface area contributed by atoms with E-state index in [9.17, 15) is 22.8 Å². The molecular formula is C30H27F4N7O3. The number of imidazole rings is 1. The number of carbonyl (C=O) groups is 2. The standard InChI is InChI=1S/C30H27F4N7O3/c31-20-10-16(28(42)38-23-12-18(6-7-36-23)30(32,33)34)4-5-19(20)24-25-26(35)37-8-9-40(25)27(39-24)21-11-17-13-44-14-22(17)41(21)29(43)15-2-1-3-15/h4-10,12,15,17,21-22H,1-3,11,13-14H2,(H2,35,37)(H,36,38,42)/t17?,21-,22+/m0/s1. The number of pyridine rings is 1. The molecule has 1 unspecified atom stereocenters. The van der Waals surface area contributed by atoms with Crippen LogP contribution in [0, 0.1) is 17.7 Å². The fraction of sp³-hybridized carbons (Fsp3) is 0.367. The molecule has 3 aliphatic rings. The van der Waals surface area contributed by atoms with Crippen LogP contribution in [-0.4, -0.2) is 55.3 Å². The van der Waals surface area contributed by atoms with Crippen LogP contribution >= 0.6 is 0 Å². The minimum atomic E-state index is -4.62. The molecule has 7 rings (SSSR count). The highest BCUT2D eigenvalue weighted by Crippen LogP contribution is 2.46. The first-order valence-electron chi connectivity index (χ1n) is 14.3. The van der Waals surface area contributed by atoms with Gasteiger partial charge in [-0.1, -0.05) is 6.42 Å². The summed E-state index contributed by atoms with van der Waals surface area (Å²) in [7, 11) is 0. The SMILES string of the molecule is Nc1nccn2c([C@@H]3CC4COC[C@H]4N3C(=O)C3CCC3)nc(-c3ccc(C(=O)Nc4cc(C(F)(F)F)ccn4)cc3F)c12. The Bertz CT molecular complexity index is 1790. The topological polar surface area (TPSA) is 128 Å². The Morgan fingerprint density at radius 3 is 2.61 bits per heavy atom. The highest BCUT2D eigenvalue weighted by atomic mass is 19.4. The summed E-state index contributed by atoms with van der Waals surface area (Å²) in [6, 6.07) is 4.70. The van der Waals surface area contributed by atoms with Crippen LogP contribution in [0.1, 0.15) is 53.5 Å². The lowest BCUT2D eigenvalue weighted by atomic mass is 9.84. The van der Waals surface area contributed by atoms with E-state index in [-0.39, 0.29) is 58.3 Å². The number of fused-ring (bicyclic) bond motifs is 2. The van der Waals surface area contributed by atoms with E-state index < -0.39 is 23.5 Å². The number of hydrogen-bond acceptors (Lipinski definition) is 7. The second kappa shape index (κ2) is 10.5. The van der Waals surface area contributed by atoms with Crippen molar-refractivity contribution in [3.63, 3.8) is 0 Å². The van der Waals surface area contributed by atoms with Gasteiger partial charge < -0.3 is 20.7 Å². The third-order valence-corrected chi connectivity index (χ3v) is 8.82. The van der Waals surface area contributed by atoms with Gasteiger partial charge in [-0.2, -0.15) is 13.2 Å². The highest BCUT2D eigenvalue weighted by Gasteiger charge is 2.50. The zero-order valence-corrected chi connectivity index (χ0v) is 23.2. The Labute approximate surface area is 248 Å². The number of alkyl halides is 3. The third kappa shape index (κ3) is 4.73. The number of nitrogens with one attached hydrogen (secondary N) is 1. The largest absolute Gasteiger partial charge is 0.416 e. The summed E-state index contributed by atoms with van der Waals surface area (Å²) in [6.45, 7) is 0.997. The minimum absolute atomic E-state index is 0.0310. The van der Waals surface area contributed by atoms with Crippen LogP contribution in [0.4, 0.5) is 29.2 Å². The number of nitrogen functional groups attached to an aromatic ring is 1. The fourth-order valence-corrected chi connectivity index (χ4v) is 6.39. The van der Waals surface area contributed by atoms with Crippen molar-refractivity contribution in [2.75, 3.05) is 24.3 Å². The van der Waals surface area contributed by atoms with Gasteiger partial charge in [-0.3, -0.25) is 14.0 Å². The van der Waals surface area contributed by atoms with Gasteiger partial charge >= 0.3 is 6.18 Å². The van der Waals surface area contributed by atoms with Crippen molar-refractivity contribution in [2.45, 2.75) is 43.9 Å². The molecular weight excluding hydrogens is 582 g/mol. The van der Waals surface area contributed by atoms with Crippen LogP contribution in [0.5, 0.6) is 0 Å². The van der Waals surface area contributed by atoms with Crippen molar-refractivity contribution in [1.29, 1.82) is 0 Å². The van der Waals surface area contributed by atoms with Gasteiger partial charge in [0.05, 0.1) is 30.9 Å². The Morgan fingerprint density at radius 1 is 1.07 bits per heavy atom. The molecule has 1 aromatic carbocycles. The molecule has 228 valence electrons. The quantitative estimate of drug-likeness (QED) is 0.309. The van der Waals surface area contributed by atoms with Gasteiger partial charge in [-0.05, 0) is 49.6 Å². The number of aromatic nitrogens is 4. The first kappa shape index (κ1) is 28.2. The monoisotopic (exact) mass is 609 g/mol. The van der Waals surface area contributed by atoms with Crippen LogP contribution in [0.25, 0.3) is 16.8 Å². The van der Waals surface area contributed by atoms with Gasteiger partial charge in [0.15, 0.2) is 0 Å². The first-order chi connectivity index (χ1) is 21.1. The van der Waals surface area contributed by atoms with E-state index >= 15 is 4.39 Å². The summed E-state index contributed by atoms with van der Waals surface area (Å²) in [5.74, 6) is -1.13. The average Bonchev–Trinajstić information content (AvgIpc) is 3.65. The molecule has 1 saturated carbocycles. The summed E-state index contributed by atoms with van der Waals surface area (Å²) in [5.41, 5.74) is 5.76. The van der Waals surface area contributed by atoms with Crippen molar-refractivity contribution >= 4 is 29.0 Å². The van der Waals surface area contributed by atoms with E-state index in [1.165, 1.54) is 18.3 Å². The van der Waals surface area contributed by atoms with Crippen molar-refractivity contribution in [3.05, 3.63) is 71.7 Å². The number of nitrogens with zero attached hydrogens (tertiary/aromatic N) is 5. The van der Waals surface area contributed by atoms with Gasteiger partial charge in [-0.15, -0.1) is 0 Å². The predicted octanol–water partition coefficient (Wildman–Crippen LogP) is 4.87. The number of amides is 2. The first-order valence-corrected chi connectivity index (χ1v) is 14.3. The molecule has 1 aliphatic carbocycles. The van der Waals surface area contributed by atoms with Gasteiger partial charge in [-0.25, -0.2) is 19.3 Å². The number of anilines is 2. The summed E-state index contributed by atoms with van der Waals surface area (Å²) >= 11 is 0. The lowest BCUT2D eigenvalue weighted by Crippen LogP contribution is -2.45. The van der Waals surface area contributed by atoms with Crippen LogP contribution in [-0.2, 0) is 15.7 Å². The molecule has 0 spiro atoms. The summed E-state index contributed by atoms with van der Waals surface area (Å²) in [6.07, 6.45) is 2.84. The van der Waals surface area contributed by atoms with Crippen molar-refractivity contribution < 1.29 is 31.9 Å². The average molecular weight is 610 g/mol. The maximum atomic E-state index is 15.7. The molecule has 0 radical (unpaired) electrons. The molecule has 3 atom stereocenters. The molecule has 3 N–H and O–H groups in total. The molecule has 2 amide bonds. The van der Waals surface area contributed by atoms with Gasteiger partial charge in [0.25, 0.3) is 5.91 Å². The summed E-state index contributed by atoms with van der Waals surface area (Å²) in [4.78, 5) is 41.1.